The van der Waals surface area contributed by atoms with Crippen LogP contribution in [0, 0.1) is 0 Å². The van der Waals surface area contributed by atoms with Crippen LogP contribution in [0.15, 0.2) is 60.8 Å². The van der Waals surface area contributed by atoms with Crippen molar-refractivity contribution in [2.24, 2.45) is 0 Å². The fourth-order valence-corrected chi connectivity index (χ4v) is 4.04. The maximum atomic E-state index is 13.3. The van der Waals surface area contributed by atoms with E-state index < -0.39 is 12.1 Å². The third-order valence-corrected chi connectivity index (χ3v) is 5.50. The second-order valence-corrected chi connectivity index (χ2v) is 7.47. The van der Waals surface area contributed by atoms with E-state index in [1.807, 2.05) is 30.3 Å². The molecular formula is C21H18N2O4S. The van der Waals surface area contributed by atoms with Crippen LogP contribution < -0.4 is 0 Å². The van der Waals surface area contributed by atoms with Crippen molar-refractivity contribution in [1.29, 1.82) is 0 Å². The molecule has 142 valence electrons. The topological polar surface area (TPSA) is 79.5 Å². The molecular weight excluding hydrogens is 376 g/mol. The van der Waals surface area contributed by atoms with Gasteiger partial charge in [-0.1, -0.05) is 60.3 Å². The Kier molecular flexibility index (Phi) is 5.16. The standard InChI is InChI=1S/C21H18N2O4S/c24-18(13-23-10-11-28-21(23)26)27-20(14-6-2-1-3-7-14)19(25)16-12-22-17-9-5-4-8-15(16)17/h1-9,12,20,22H,10-11,13H2/t20-/m1/s1. The first-order chi connectivity index (χ1) is 13.6. The minimum Gasteiger partial charge on any atom is -0.448 e. The number of hydrogen-bond acceptors (Lipinski definition) is 5. The number of fused-ring (bicyclic) bond motifs is 1. The Morgan fingerprint density at radius 1 is 1.11 bits per heavy atom. The maximum absolute atomic E-state index is 13.3. The highest BCUT2D eigenvalue weighted by molar-refractivity contribution is 8.13. The highest BCUT2D eigenvalue weighted by atomic mass is 32.2. The SMILES string of the molecule is O=C(CN1CCSC1=O)O[C@@H](C(=O)c1c[nH]c2ccccc12)c1ccccc1. The van der Waals surface area contributed by atoms with Crippen LogP contribution >= 0.6 is 11.8 Å². The summed E-state index contributed by atoms with van der Waals surface area (Å²) < 4.78 is 5.58. The Hall–Kier alpha value is -3.06. The summed E-state index contributed by atoms with van der Waals surface area (Å²) in [6.45, 7) is 0.349. The first-order valence-electron chi connectivity index (χ1n) is 8.90. The Labute approximate surface area is 165 Å². The average Bonchev–Trinajstić information content (AvgIpc) is 3.32. The summed E-state index contributed by atoms with van der Waals surface area (Å²) in [5.74, 6) is -0.250. The average molecular weight is 394 g/mol. The molecule has 0 aliphatic carbocycles. The number of para-hydroxylation sites is 1. The number of ketones is 1. The molecule has 2 aromatic carbocycles. The highest BCUT2D eigenvalue weighted by Crippen LogP contribution is 2.27. The Balaban J connectivity index is 1.61. The summed E-state index contributed by atoms with van der Waals surface area (Å²) in [5, 5.41) is 0.631. The minimum atomic E-state index is -1.07. The van der Waals surface area contributed by atoms with E-state index in [0.29, 0.717) is 23.4 Å². The fourth-order valence-electron chi connectivity index (χ4n) is 3.21. The van der Waals surface area contributed by atoms with E-state index >= 15 is 0 Å². The number of rotatable bonds is 6. The van der Waals surface area contributed by atoms with Gasteiger partial charge in [-0.15, -0.1) is 0 Å². The molecule has 0 bridgehead atoms. The number of nitrogens with zero attached hydrogens (tertiary/aromatic N) is 1. The molecule has 3 aromatic rings. The zero-order chi connectivity index (χ0) is 19.5. The van der Waals surface area contributed by atoms with Crippen LogP contribution in [0.2, 0.25) is 0 Å². The van der Waals surface area contributed by atoms with Crippen LogP contribution in [0.1, 0.15) is 22.0 Å². The second kappa shape index (κ2) is 7.90. The number of H-pyrrole nitrogens is 1. The lowest BCUT2D eigenvalue weighted by Gasteiger charge is -2.19. The molecule has 0 radical (unpaired) electrons. The van der Waals surface area contributed by atoms with Crippen molar-refractivity contribution in [2.45, 2.75) is 6.10 Å². The van der Waals surface area contributed by atoms with Gasteiger partial charge in [0.05, 0.1) is 0 Å². The molecule has 1 atom stereocenters. The number of benzene rings is 2. The summed E-state index contributed by atoms with van der Waals surface area (Å²) in [6.07, 6.45) is 0.565. The van der Waals surface area contributed by atoms with E-state index in [-0.39, 0.29) is 17.6 Å². The van der Waals surface area contributed by atoms with Crippen LogP contribution in [-0.4, -0.2) is 45.7 Å². The summed E-state index contributed by atoms with van der Waals surface area (Å²) in [5.41, 5.74) is 1.89. The number of ether oxygens (including phenoxy) is 1. The second-order valence-electron chi connectivity index (χ2n) is 6.43. The van der Waals surface area contributed by atoms with Crippen molar-refractivity contribution in [3.63, 3.8) is 0 Å². The molecule has 28 heavy (non-hydrogen) atoms. The normalized spacial score (nSPS) is 15.0. The van der Waals surface area contributed by atoms with Gasteiger partial charge in [0.25, 0.3) is 5.24 Å². The monoisotopic (exact) mass is 394 g/mol. The molecule has 6 nitrogen and oxygen atoms in total. The van der Waals surface area contributed by atoms with Crippen LogP contribution in [0.3, 0.4) is 0 Å². The molecule has 4 rings (SSSR count). The molecule has 1 saturated heterocycles. The van der Waals surface area contributed by atoms with Crippen LogP contribution in [0.4, 0.5) is 4.79 Å². The lowest BCUT2D eigenvalue weighted by Crippen LogP contribution is -2.32. The number of amides is 1. The highest BCUT2D eigenvalue weighted by Gasteiger charge is 2.30. The summed E-state index contributed by atoms with van der Waals surface area (Å²) in [6, 6.07) is 16.4. The Morgan fingerprint density at radius 3 is 2.61 bits per heavy atom. The molecule has 0 unspecified atom stereocenters. The minimum absolute atomic E-state index is 0.142. The molecule has 1 aromatic heterocycles. The Morgan fingerprint density at radius 2 is 1.86 bits per heavy atom. The van der Waals surface area contributed by atoms with Gasteiger partial charge in [-0.25, -0.2) is 0 Å². The number of carbonyl (C=O) groups excluding carboxylic acids is 3. The zero-order valence-corrected chi connectivity index (χ0v) is 15.8. The van der Waals surface area contributed by atoms with E-state index in [1.54, 1.807) is 30.5 Å². The van der Waals surface area contributed by atoms with Gasteiger partial charge in [-0.3, -0.25) is 14.4 Å². The molecule has 7 heteroatoms. The van der Waals surface area contributed by atoms with Crippen LogP contribution in [0.5, 0.6) is 0 Å². The van der Waals surface area contributed by atoms with Gasteiger partial charge in [0.2, 0.25) is 5.78 Å². The van der Waals surface area contributed by atoms with Crippen molar-refractivity contribution in [1.82, 2.24) is 9.88 Å². The predicted molar refractivity (Wildman–Crippen MR) is 107 cm³/mol. The van der Waals surface area contributed by atoms with E-state index in [4.69, 9.17) is 4.74 Å². The van der Waals surface area contributed by atoms with Crippen molar-refractivity contribution in [2.75, 3.05) is 18.8 Å². The van der Waals surface area contributed by atoms with Gasteiger partial charge < -0.3 is 14.6 Å². The zero-order valence-electron chi connectivity index (χ0n) is 15.0. The van der Waals surface area contributed by atoms with E-state index in [0.717, 1.165) is 10.9 Å². The molecule has 1 fully saturated rings. The van der Waals surface area contributed by atoms with Gasteiger partial charge in [0, 0.05) is 40.5 Å². The largest absolute Gasteiger partial charge is 0.448 e. The third-order valence-electron chi connectivity index (χ3n) is 4.61. The number of aromatic amines is 1. The fraction of sp³-hybridized carbons (Fsp3) is 0.190. The lowest BCUT2D eigenvalue weighted by molar-refractivity contribution is -0.147. The number of aromatic nitrogens is 1. The third kappa shape index (κ3) is 3.66. The number of hydrogen-bond donors (Lipinski definition) is 1. The molecule has 0 spiro atoms. The summed E-state index contributed by atoms with van der Waals surface area (Å²) in [7, 11) is 0. The molecule has 1 amide bonds. The maximum Gasteiger partial charge on any atom is 0.326 e. The van der Waals surface area contributed by atoms with Gasteiger partial charge in [0.15, 0.2) is 6.10 Å². The van der Waals surface area contributed by atoms with Gasteiger partial charge in [-0.2, -0.15) is 0 Å². The van der Waals surface area contributed by atoms with E-state index in [1.165, 1.54) is 16.7 Å². The van der Waals surface area contributed by atoms with E-state index in [9.17, 15) is 14.4 Å². The van der Waals surface area contributed by atoms with Crippen molar-refractivity contribution < 1.29 is 19.1 Å². The first kappa shape index (κ1) is 18.3. The number of Topliss-reactive ketones (excluding diaryl/α,β-unsaturated/α-hetero) is 1. The smallest absolute Gasteiger partial charge is 0.326 e. The predicted octanol–water partition coefficient (Wildman–Crippen LogP) is 3.80. The summed E-state index contributed by atoms with van der Waals surface area (Å²) in [4.78, 5) is 42.0. The number of esters is 1. The van der Waals surface area contributed by atoms with Gasteiger partial charge >= 0.3 is 5.97 Å². The quantitative estimate of drug-likeness (QED) is 0.508. The van der Waals surface area contributed by atoms with Gasteiger partial charge in [0.1, 0.15) is 6.54 Å². The van der Waals surface area contributed by atoms with E-state index in [2.05, 4.69) is 4.98 Å². The van der Waals surface area contributed by atoms with Crippen LogP contribution in [-0.2, 0) is 9.53 Å². The van der Waals surface area contributed by atoms with Gasteiger partial charge in [-0.05, 0) is 6.07 Å². The van der Waals surface area contributed by atoms with Crippen molar-refractivity contribution in [3.8, 4) is 0 Å². The Bertz CT molecular complexity index is 1030. The number of carbonyl (C=O) groups is 3. The molecule has 0 saturated carbocycles. The molecule has 2 heterocycles. The number of nitrogens with one attached hydrogen (secondary N) is 1. The first-order valence-corrected chi connectivity index (χ1v) is 9.88. The summed E-state index contributed by atoms with van der Waals surface area (Å²) >= 11 is 1.18. The number of thioether (sulfide) groups is 1. The lowest BCUT2D eigenvalue weighted by atomic mass is 9.99. The van der Waals surface area contributed by atoms with Crippen LogP contribution in [0.25, 0.3) is 10.9 Å². The molecule has 1 aliphatic heterocycles. The van der Waals surface area contributed by atoms with Crippen molar-refractivity contribution in [3.05, 3.63) is 71.9 Å². The molecule has 1 N–H and O–H groups in total. The molecule has 1 aliphatic rings. The van der Waals surface area contributed by atoms with Crippen molar-refractivity contribution >= 4 is 39.7 Å².